The molecule has 0 bridgehead atoms. The van der Waals surface area contributed by atoms with Gasteiger partial charge in [-0.3, -0.25) is 4.79 Å². The molecule has 0 saturated carbocycles. The zero-order chi connectivity index (χ0) is 14.4. The van der Waals surface area contributed by atoms with Crippen LogP contribution in [0.3, 0.4) is 0 Å². The normalized spacial score (nSPS) is 10.4. The molecule has 0 aliphatic heterocycles. The number of carbonyl (C=O) groups is 1. The van der Waals surface area contributed by atoms with Crippen LogP contribution < -0.4 is 0 Å². The topological polar surface area (TPSA) is 63.6 Å². The molecule has 2 aromatic rings. The fourth-order valence-electron chi connectivity index (χ4n) is 1.66. The van der Waals surface area contributed by atoms with Crippen molar-refractivity contribution >= 4 is 28.0 Å². The van der Waals surface area contributed by atoms with E-state index in [2.05, 4.69) is 4.36 Å². The van der Waals surface area contributed by atoms with Crippen molar-refractivity contribution < 1.29 is 13.2 Å². The summed E-state index contributed by atoms with van der Waals surface area (Å²) in [4.78, 5) is 11.9. The molecule has 0 amide bonds. The highest BCUT2D eigenvalue weighted by atomic mass is 32.2. The van der Waals surface area contributed by atoms with Gasteiger partial charge in [0.15, 0.2) is 5.78 Å². The first-order valence-corrected chi connectivity index (χ1v) is 6.87. The Bertz CT molecular complexity index is 770. The molecule has 4 nitrogen and oxygen atoms in total. The first-order chi connectivity index (χ1) is 9.66. The van der Waals surface area contributed by atoms with Gasteiger partial charge in [-0.25, -0.2) is 0 Å². The number of hydrogen-bond acceptors (Lipinski definition) is 4. The molecule has 0 spiro atoms. The minimum Gasteiger partial charge on any atom is -0.289 e. The van der Waals surface area contributed by atoms with E-state index in [-0.39, 0.29) is 5.78 Å². The van der Waals surface area contributed by atoms with Crippen molar-refractivity contribution in [2.24, 2.45) is 4.36 Å². The lowest BCUT2D eigenvalue weighted by molar-refractivity contribution is 0.104. The third-order valence-corrected chi connectivity index (χ3v) is 2.93. The van der Waals surface area contributed by atoms with Crippen LogP contribution in [0.4, 0.5) is 5.69 Å². The number of nitrogens with zero attached hydrogens (tertiary/aromatic N) is 1. The smallest absolute Gasteiger partial charge is 0.289 e. The maximum Gasteiger partial charge on any atom is 0.316 e. The molecule has 0 saturated heterocycles. The average molecular weight is 285 g/mol. The minimum atomic E-state index is -2.52. The lowest BCUT2D eigenvalue weighted by atomic mass is 10.1. The summed E-state index contributed by atoms with van der Waals surface area (Å²) in [6, 6.07) is 15.5. The highest BCUT2D eigenvalue weighted by Crippen LogP contribution is 2.20. The fourth-order valence-corrected chi connectivity index (χ4v) is 1.98. The van der Waals surface area contributed by atoms with Crippen LogP contribution in [0, 0.1) is 0 Å². The summed E-state index contributed by atoms with van der Waals surface area (Å²) in [6.45, 7) is 0. The Balaban J connectivity index is 2.29. The van der Waals surface area contributed by atoms with Crippen molar-refractivity contribution in [3.05, 3.63) is 71.8 Å². The molecule has 0 N–H and O–H groups in total. The first kappa shape index (κ1) is 13.9. The van der Waals surface area contributed by atoms with Crippen LogP contribution in [0.5, 0.6) is 0 Å². The van der Waals surface area contributed by atoms with Crippen LogP contribution in [-0.4, -0.2) is 14.2 Å². The van der Waals surface area contributed by atoms with Gasteiger partial charge in [0.05, 0.1) is 5.69 Å². The van der Waals surface area contributed by atoms with Gasteiger partial charge in [-0.15, -0.1) is 4.36 Å². The summed E-state index contributed by atoms with van der Waals surface area (Å²) >= 11 is 0. The zero-order valence-electron chi connectivity index (χ0n) is 10.4. The van der Waals surface area contributed by atoms with Crippen LogP contribution in [0.25, 0.3) is 6.08 Å². The number of allylic oxidation sites excluding steroid dienone is 1. The van der Waals surface area contributed by atoms with Gasteiger partial charge in [0.2, 0.25) is 0 Å². The molecule has 2 aromatic carbocycles. The average Bonchev–Trinajstić information content (AvgIpc) is 2.46. The summed E-state index contributed by atoms with van der Waals surface area (Å²) in [5.74, 6) is -0.149. The summed E-state index contributed by atoms with van der Waals surface area (Å²) in [7, 11) is -2.52. The monoisotopic (exact) mass is 285 g/mol. The van der Waals surface area contributed by atoms with Gasteiger partial charge in [0.25, 0.3) is 0 Å². The Kier molecular flexibility index (Phi) is 4.57. The zero-order valence-corrected chi connectivity index (χ0v) is 11.2. The van der Waals surface area contributed by atoms with Gasteiger partial charge >= 0.3 is 10.5 Å². The Morgan fingerprint density at radius 3 is 2.30 bits per heavy atom. The highest BCUT2D eigenvalue weighted by Gasteiger charge is 2.01. The van der Waals surface area contributed by atoms with E-state index in [0.717, 1.165) is 0 Å². The van der Waals surface area contributed by atoms with Gasteiger partial charge in [0.1, 0.15) is 0 Å². The molecule has 20 heavy (non-hydrogen) atoms. The SMILES string of the molecule is O=C(C=Cc1ccccc1N=S(=O)=O)c1ccccc1. The minimum absolute atomic E-state index is 0.149. The van der Waals surface area contributed by atoms with Crippen molar-refractivity contribution in [2.75, 3.05) is 0 Å². The molecule has 0 aliphatic rings. The van der Waals surface area contributed by atoms with E-state index in [1.807, 2.05) is 6.07 Å². The van der Waals surface area contributed by atoms with Crippen LogP contribution >= 0.6 is 0 Å². The Morgan fingerprint density at radius 1 is 0.950 bits per heavy atom. The molecule has 0 radical (unpaired) electrons. The van der Waals surface area contributed by atoms with Gasteiger partial charge in [-0.2, -0.15) is 8.42 Å². The van der Waals surface area contributed by atoms with E-state index >= 15 is 0 Å². The van der Waals surface area contributed by atoms with Crippen LogP contribution in [0.15, 0.2) is 65.0 Å². The number of rotatable bonds is 4. The number of benzene rings is 2. The Morgan fingerprint density at radius 2 is 1.60 bits per heavy atom. The van der Waals surface area contributed by atoms with Crippen molar-refractivity contribution in [1.29, 1.82) is 0 Å². The lowest BCUT2D eigenvalue weighted by Crippen LogP contribution is -1.92. The van der Waals surface area contributed by atoms with Crippen molar-refractivity contribution in [3.8, 4) is 0 Å². The Labute approximate surface area is 118 Å². The van der Waals surface area contributed by atoms with E-state index in [1.165, 1.54) is 6.08 Å². The second-order valence-electron chi connectivity index (χ2n) is 3.93. The fraction of sp³-hybridized carbons (Fsp3) is 0. The summed E-state index contributed by atoms with van der Waals surface area (Å²) in [5, 5.41) is 0. The van der Waals surface area contributed by atoms with E-state index in [1.54, 1.807) is 54.6 Å². The van der Waals surface area contributed by atoms with Crippen molar-refractivity contribution in [2.45, 2.75) is 0 Å². The van der Waals surface area contributed by atoms with Gasteiger partial charge in [-0.1, -0.05) is 48.5 Å². The van der Waals surface area contributed by atoms with Gasteiger partial charge in [0, 0.05) is 11.1 Å². The molecule has 100 valence electrons. The molecule has 2 rings (SSSR count). The first-order valence-electron chi connectivity index (χ1n) is 5.84. The van der Waals surface area contributed by atoms with E-state index in [9.17, 15) is 13.2 Å². The molecule has 0 heterocycles. The lowest BCUT2D eigenvalue weighted by Gasteiger charge is -1.97. The van der Waals surface area contributed by atoms with Crippen LogP contribution in [0.1, 0.15) is 15.9 Å². The van der Waals surface area contributed by atoms with Crippen LogP contribution in [-0.2, 0) is 10.5 Å². The molecular formula is C15H11NO3S. The van der Waals surface area contributed by atoms with Crippen LogP contribution in [0.2, 0.25) is 0 Å². The predicted octanol–water partition coefficient (Wildman–Crippen LogP) is 3.28. The van der Waals surface area contributed by atoms with E-state index in [4.69, 9.17) is 0 Å². The largest absolute Gasteiger partial charge is 0.316 e. The molecule has 0 aromatic heterocycles. The molecular weight excluding hydrogens is 274 g/mol. The number of carbonyl (C=O) groups excluding carboxylic acids is 1. The third-order valence-electron chi connectivity index (χ3n) is 2.58. The second kappa shape index (κ2) is 6.58. The number of ketones is 1. The Hall–Kier alpha value is -2.53. The maximum absolute atomic E-state index is 11.9. The third kappa shape index (κ3) is 3.73. The van der Waals surface area contributed by atoms with Gasteiger partial charge in [-0.05, 0) is 18.2 Å². The molecule has 0 fully saturated rings. The van der Waals surface area contributed by atoms with Gasteiger partial charge < -0.3 is 0 Å². The maximum atomic E-state index is 11.9. The molecule has 0 aliphatic carbocycles. The highest BCUT2D eigenvalue weighted by molar-refractivity contribution is 7.61. The summed E-state index contributed by atoms with van der Waals surface area (Å²) in [6.07, 6.45) is 2.96. The summed E-state index contributed by atoms with van der Waals surface area (Å²) < 4.78 is 24.7. The predicted molar refractivity (Wildman–Crippen MR) is 77.3 cm³/mol. The molecule has 5 heteroatoms. The number of hydrogen-bond donors (Lipinski definition) is 0. The molecule has 0 unspecified atom stereocenters. The quantitative estimate of drug-likeness (QED) is 0.639. The summed E-state index contributed by atoms with van der Waals surface area (Å²) in [5.41, 5.74) is 1.45. The van der Waals surface area contributed by atoms with E-state index < -0.39 is 10.5 Å². The van der Waals surface area contributed by atoms with Crippen molar-refractivity contribution in [1.82, 2.24) is 0 Å². The molecule has 0 atom stereocenters. The van der Waals surface area contributed by atoms with E-state index in [0.29, 0.717) is 16.8 Å². The van der Waals surface area contributed by atoms with Crippen molar-refractivity contribution in [3.63, 3.8) is 0 Å². The second-order valence-corrected chi connectivity index (χ2v) is 4.55. The standard InChI is InChI=1S/C15H11NO3S/c17-15(13-7-2-1-3-8-13)11-10-12-6-4-5-9-14(12)16-20(18)19/h1-11H.